The van der Waals surface area contributed by atoms with Crippen molar-refractivity contribution in [3.63, 3.8) is 0 Å². The molecule has 0 amide bonds. The van der Waals surface area contributed by atoms with Gasteiger partial charge in [0.2, 0.25) is 7.44 Å². The minimum absolute atomic E-state index is 0.257. The summed E-state index contributed by atoms with van der Waals surface area (Å²) >= 11 is 0. The van der Waals surface area contributed by atoms with Gasteiger partial charge in [-0.3, -0.25) is 14.2 Å². The van der Waals surface area contributed by atoms with Crippen LogP contribution in [0.1, 0.15) is 113 Å². The van der Waals surface area contributed by atoms with Gasteiger partial charge in [0.05, 0.1) is 24.7 Å². The molecule has 0 radical (unpaired) electrons. The number of rotatable bonds is 15. The predicted octanol–water partition coefficient (Wildman–Crippen LogP) is 6.33. The maximum absolute atomic E-state index is 14.8. The third-order valence-electron chi connectivity index (χ3n) is 9.68. The van der Waals surface area contributed by atoms with Crippen LogP contribution in [0, 0.1) is 11.8 Å². The number of fused-ring (bicyclic) bond motifs is 1. The quantitative estimate of drug-likeness (QED) is 0.143. The Morgan fingerprint density at radius 3 is 1.87 bits per heavy atom. The SMILES string of the molecule is C[C@H](Cn1cnc2c(N)ccnc21)OCP(=O)(NC(C)(C)C(=O)O[C@H](C)C1CCCCC1)NC(C)(C)C(=O)O[C@H](C)C1CCCCC1. The van der Waals surface area contributed by atoms with E-state index in [1.54, 1.807) is 46.3 Å². The van der Waals surface area contributed by atoms with Crippen molar-refractivity contribution in [1.29, 1.82) is 0 Å². The lowest BCUT2D eigenvalue weighted by Crippen LogP contribution is -2.55. The number of imidazole rings is 1. The summed E-state index contributed by atoms with van der Waals surface area (Å²) in [4.78, 5) is 35.8. The molecule has 0 spiro atoms. The van der Waals surface area contributed by atoms with Gasteiger partial charge in [-0.2, -0.15) is 0 Å². The van der Waals surface area contributed by atoms with Crippen LogP contribution in [0.15, 0.2) is 18.6 Å². The lowest BCUT2D eigenvalue weighted by Gasteiger charge is -2.37. The Kier molecular flexibility index (Phi) is 12.5. The molecule has 3 atom stereocenters. The molecule has 13 heteroatoms. The van der Waals surface area contributed by atoms with E-state index >= 15 is 0 Å². The fourth-order valence-corrected chi connectivity index (χ4v) is 9.43. The Balaban J connectivity index is 1.48. The summed E-state index contributed by atoms with van der Waals surface area (Å²) in [6, 6.07) is 1.69. The van der Waals surface area contributed by atoms with Gasteiger partial charge in [-0.1, -0.05) is 38.5 Å². The number of hydrogen-bond donors (Lipinski definition) is 3. The molecule has 2 aromatic heterocycles. The van der Waals surface area contributed by atoms with Crippen molar-refractivity contribution in [3.8, 4) is 0 Å². The molecular weight excluding hydrogens is 619 g/mol. The Morgan fingerprint density at radius 1 is 0.894 bits per heavy atom. The van der Waals surface area contributed by atoms with Crippen molar-refractivity contribution < 1.29 is 28.4 Å². The molecule has 47 heavy (non-hydrogen) atoms. The van der Waals surface area contributed by atoms with Gasteiger partial charge >= 0.3 is 11.9 Å². The van der Waals surface area contributed by atoms with Crippen molar-refractivity contribution in [2.24, 2.45) is 11.8 Å². The molecule has 4 N–H and O–H groups in total. The topological polar surface area (TPSA) is 160 Å². The molecule has 2 saturated carbocycles. The molecule has 2 aliphatic carbocycles. The van der Waals surface area contributed by atoms with Gasteiger partial charge in [0.1, 0.15) is 35.2 Å². The molecule has 0 saturated heterocycles. The van der Waals surface area contributed by atoms with Crippen molar-refractivity contribution >= 4 is 36.2 Å². The predicted molar refractivity (Wildman–Crippen MR) is 184 cm³/mol. The van der Waals surface area contributed by atoms with Crippen LogP contribution >= 0.6 is 7.44 Å². The van der Waals surface area contributed by atoms with E-state index in [1.807, 2.05) is 25.3 Å². The van der Waals surface area contributed by atoms with E-state index in [-0.39, 0.29) is 18.6 Å². The number of carbonyl (C=O) groups is 2. The summed E-state index contributed by atoms with van der Waals surface area (Å²) in [5.74, 6) is -0.404. The van der Waals surface area contributed by atoms with Crippen LogP contribution in [0.5, 0.6) is 0 Å². The number of esters is 2. The minimum atomic E-state index is -3.81. The Bertz CT molecular complexity index is 1340. The molecule has 4 rings (SSSR count). The summed E-state index contributed by atoms with van der Waals surface area (Å²) in [5.41, 5.74) is 5.09. The highest BCUT2D eigenvalue weighted by Crippen LogP contribution is 2.43. The number of nitrogens with two attached hydrogens (primary N) is 1. The number of anilines is 1. The lowest BCUT2D eigenvalue weighted by atomic mass is 9.86. The zero-order valence-electron chi connectivity index (χ0n) is 29.4. The number of pyridine rings is 1. The van der Waals surface area contributed by atoms with Crippen LogP contribution < -0.4 is 15.9 Å². The van der Waals surface area contributed by atoms with E-state index < -0.39 is 36.6 Å². The minimum Gasteiger partial charge on any atom is -0.461 e. The van der Waals surface area contributed by atoms with Crippen LogP contribution in [0.25, 0.3) is 11.2 Å². The Morgan fingerprint density at radius 2 is 1.38 bits per heavy atom. The number of aromatic nitrogens is 3. The number of carbonyl (C=O) groups excluding carboxylic acids is 2. The number of nitrogen functional groups attached to an aromatic ring is 1. The normalized spacial score (nSPS) is 19.3. The molecule has 2 aliphatic rings. The van der Waals surface area contributed by atoms with E-state index in [1.165, 1.54) is 12.8 Å². The van der Waals surface area contributed by atoms with Crippen LogP contribution in [0.4, 0.5) is 5.69 Å². The molecule has 2 aromatic rings. The monoisotopic (exact) mass is 676 g/mol. The number of ether oxygens (including phenoxy) is 3. The average Bonchev–Trinajstić information content (AvgIpc) is 3.44. The van der Waals surface area contributed by atoms with Gasteiger partial charge in [0.25, 0.3) is 0 Å². The molecule has 0 bridgehead atoms. The van der Waals surface area contributed by atoms with Gasteiger partial charge in [-0.15, -0.1) is 0 Å². The number of nitrogens with zero attached hydrogens (tertiary/aromatic N) is 3. The van der Waals surface area contributed by atoms with Crippen LogP contribution in [-0.2, 0) is 34.9 Å². The number of hydrogen-bond acceptors (Lipinski definition) is 9. The molecule has 2 fully saturated rings. The van der Waals surface area contributed by atoms with Gasteiger partial charge in [-0.25, -0.2) is 20.1 Å². The van der Waals surface area contributed by atoms with Crippen LogP contribution in [0.2, 0.25) is 0 Å². The molecule has 12 nitrogen and oxygen atoms in total. The smallest absolute Gasteiger partial charge is 0.326 e. The van der Waals surface area contributed by atoms with E-state index in [9.17, 15) is 14.2 Å². The number of nitrogens with one attached hydrogen (secondary N) is 2. The highest BCUT2D eigenvalue weighted by atomic mass is 31.2. The first-order chi connectivity index (χ1) is 22.1. The van der Waals surface area contributed by atoms with Crippen molar-refractivity contribution in [2.45, 2.75) is 149 Å². The fraction of sp³-hybridized carbons (Fsp3) is 0.765. The van der Waals surface area contributed by atoms with Gasteiger partial charge in [0, 0.05) is 6.20 Å². The van der Waals surface area contributed by atoms with Crippen LogP contribution in [0.3, 0.4) is 0 Å². The first kappa shape index (κ1) is 37.3. The Hall–Kier alpha value is -2.53. The summed E-state index contributed by atoms with van der Waals surface area (Å²) in [6.45, 7) is 12.6. The molecule has 0 aliphatic heterocycles. The van der Waals surface area contributed by atoms with E-state index in [2.05, 4.69) is 20.1 Å². The zero-order valence-corrected chi connectivity index (χ0v) is 30.3. The maximum atomic E-state index is 14.8. The van der Waals surface area contributed by atoms with Crippen molar-refractivity contribution in [1.82, 2.24) is 24.7 Å². The molecule has 2 heterocycles. The molecule has 0 aromatic carbocycles. The second-order valence-corrected chi connectivity index (χ2v) is 17.0. The van der Waals surface area contributed by atoms with Crippen molar-refractivity contribution in [2.75, 3.05) is 12.1 Å². The van der Waals surface area contributed by atoms with Crippen LogP contribution in [-0.4, -0.2) is 62.2 Å². The second kappa shape index (κ2) is 15.8. The first-order valence-electron chi connectivity index (χ1n) is 17.4. The van der Waals surface area contributed by atoms with Gasteiger partial charge in [-0.05, 0) is 92.1 Å². The van der Waals surface area contributed by atoms with Gasteiger partial charge < -0.3 is 24.5 Å². The standard InChI is InChI=1S/C34H57N6O6P/c1-23(20-40-21-37-29-28(35)18-19-36-30(29)40)44-22-47(43,38-33(4,5)31(41)45-24(2)26-14-10-8-11-15-26)39-34(6,7)32(42)46-25(3)27-16-12-9-13-17-27/h18-19,21,23-27H,8-17,20,22H2,1-7H3,(H2,35,36)(H2,38,39,43)/t23-,24-,25-/m1/s1. The first-order valence-corrected chi connectivity index (χ1v) is 19.3. The summed E-state index contributed by atoms with van der Waals surface area (Å²) in [7, 11) is -3.81. The van der Waals surface area contributed by atoms with E-state index in [4.69, 9.17) is 19.9 Å². The molecular formula is C34H57N6O6P. The molecule has 264 valence electrons. The third kappa shape index (κ3) is 10.00. The third-order valence-corrected chi connectivity index (χ3v) is 12.0. The van der Waals surface area contributed by atoms with E-state index in [0.717, 1.165) is 51.4 Å². The largest absolute Gasteiger partial charge is 0.461 e. The summed E-state index contributed by atoms with van der Waals surface area (Å²) in [5, 5.41) is 6.09. The maximum Gasteiger partial charge on any atom is 0.326 e. The lowest BCUT2D eigenvalue weighted by molar-refractivity contribution is -0.157. The summed E-state index contributed by atoms with van der Waals surface area (Å²) < 4.78 is 34.6. The highest BCUT2D eigenvalue weighted by Gasteiger charge is 2.44. The average molecular weight is 677 g/mol. The van der Waals surface area contributed by atoms with Crippen molar-refractivity contribution in [3.05, 3.63) is 18.6 Å². The Labute approximate surface area is 280 Å². The fourth-order valence-electron chi connectivity index (χ4n) is 6.80. The van der Waals surface area contributed by atoms with Gasteiger partial charge in [0.15, 0.2) is 5.65 Å². The zero-order chi connectivity index (χ0) is 34.4. The second-order valence-electron chi connectivity index (χ2n) is 14.8. The highest BCUT2D eigenvalue weighted by molar-refractivity contribution is 7.59. The molecule has 0 unspecified atom stereocenters. The van der Waals surface area contributed by atoms with E-state index in [0.29, 0.717) is 35.2 Å². The summed E-state index contributed by atoms with van der Waals surface area (Å²) in [6.07, 6.45) is 13.0.